The molecule has 2 rings (SSSR count). The fraction of sp³-hybridized carbons (Fsp3) is 0.357. The Morgan fingerprint density at radius 1 is 1.47 bits per heavy atom. The minimum Gasteiger partial charge on any atom is -0.365 e. The van der Waals surface area contributed by atoms with E-state index in [-0.39, 0.29) is 6.04 Å². The number of nitrogens with one attached hydrogen (secondary N) is 1. The second-order valence-electron chi connectivity index (χ2n) is 4.69. The second-order valence-corrected chi connectivity index (χ2v) is 4.69. The zero-order valence-electron chi connectivity index (χ0n) is 11.4. The summed E-state index contributed by atoms with van der Waals surface area (Å²) in [4.78, 5) is 4.41. The molecule has 0 radical (unpaired) electrons. The van der Waals surface area contributed by atoms with Crippen LogP contribution in [0, 0.1) is 25.2 Å². The Hall–Kier alpha value is -2.35. The van der Waals surface area contributed by atoms with Gasteiger partial charge in [0.05, 0.1) is 12.1 Å². The Morgan fingerprint density at radius 2 is 2.26 bits per heavy atom. The normalized spacial score (nSPS) is 11.9. The van der Waals surface area contributed by atoms with Crippen molar-refractivity contribution in [2.45, 2.75) is 33.4 Å². The number of anilines is 1. The van der Waals surface area contributed by atoms with E-state index in [1.165, 1.54) is 0 Å². The third kappa shape index (κ3) is 3.10. The van der Waals surface area contributed by atoms with Crippen molar-refractivity contribution < 1.29 is 0 Å². The molecule has 0 spiro atoms. The number of aryl methyl sites for hydroxylation is 2. The maximum Gasteiger partial charge on any atom is 0.144 e. The van der Waals surface area contributed by atoms with E-state index in [4.69, 9.17) is 0 Å². The fourth-order valence-electron chi connectivity index (χ4n) is 2.05. The average molecular weight is 255 g/mol. The molecule has 1 N–H and O–H groups in total. The van der Waals surface area contributed by atoms with Gasteiger partial charge < -0.3 is 5.32 Å². The van der Waals surface area contributed by atoms with Crippen LogP contribution in [0.1, 0.15) is 23.7 Å². The Balaban J connectivity index is 2.16. The summed E-state index contributed by atoms with van der Waals surface area (Å²) in [6.07, 6.45) is 3.67. The summed E-state index contributed by atoms with van der Waals surface area (Å²) in [6.45, 7) is 6.63. The van der Waals surface area contributed by atoms with E-state index in [9.17, 15) is 5.26 Å². The molecule has 1 unspecified atom stereocenters. The molecule has 0 aliphatic rings. The van der Waals surface area contributed by atoms with E-state index in [1.54, 1.807) is 6.20 Å². The quantitative estimate of drug-likeness (QED) is 0.910. The minimum atomic E-state index is 0.140. The molecule has 5 heteroatoms. The van der Waals surface area contributed by atoms with Crippen molar-refractivity contribution in [2.24, 2.45) is 0 Å². The van der Waals surface area contributed by atoms with Crippen LogP contribution < -0.4 is 5.32 Å². The second kappa shape index (κ2) is 5.53. The lowest BCUT2D eigenvalue weighted by molar-refractivity contribution is 0.559. The molecule has 5 nitrogen and oxygen atoms in total. The van der Waals surface area contributed by atoms with Gasteiger partial charge in [0, 0.05) is 24.1 Å². The molecule has 0 aromatic carbocycles. The molecule has 2 aromatic rings. The first-order valence-electron chi connectivity index (χ1n) is 6.22. The van der Waals surface area contributed by atoms with Crippen molar-refractivity contribution in [1.29, 1.82) is 5.26 Å². The van der Waals surface area contributed by atoms with Gasteiger partial charge in [-0.3, -0.25) is 4.68 Å². The maximum absolute atomic E-state index is 9.21. The van der Waals surface area contributed by atoms with E-state index < -0.39 is 0 Å². The Labute approximate surface area is 112 Å². The summed E-state index contributed by atoms with van der Waals surface area (Å²) in [5, 5.41) is 16.7. The number of pyridine rings is 1. The highest BCUT2D eigenvalue weighted by Gasteiger charge is 2.11. The zero-order chi connectivity index (χ0) is 13.8. The van der Waals surface area contributed by atoms with Gasteiger partial charge in [0.2, 0.25) is 0 Å². The number of hydrogen-bond donors (Lipinski definition) is 1. The van der Waals surface area contributed by atoms with Gasteiger partial charge in [0.1, 0.15) is 11.9 Å². The van der Waals surface area contributed by atoms with Gasteiger partial charge >= 0.3 is 0 Å². The molecule has 0 aliphatic carbocycles. The van der Waals surface area contributed by atoms with E-state index in [0.717, 1.165) is 17.8 Å². The number of nitriles is 1. The van der Waals surface area contributed by atoms with Gasteiger partial charge in [-0.1, -0.05) is 0 Å². The first kappa shape index (κ1) is 13.1. The average Bonchev–Trinajstić information content (AvgIpc) is 2.81. The highest BCUT2D eigenvalue weighted by molar-refractivity contribution is 5.56. The Kier molecular flexibility index (Phi) is 3.81. The van der Waals surface area contributed by atoms with Crippen molar-refractivity contribution in [3.63, 3.8) is 0 Å². The van der Waals surface area contributed by atoms with Crippen LogP contribution in [-0.4, -0.2) is 20.8 Å². The summed E-state index contributed by atoms with van der Waals surface area (Å²) in [7, 11) is 0. The number of aromatic nitrogens is 3. The highest BCUT2D eigenvalue weighted by atomic mass is 15.3. The van der Waals surface area contributed by atoms with Crippen LogP contribution >= 0.6 is 0 Å². The molecule has 0 bridgehead atoms. The largest absolute Gasteiger partial charge is 0.365 e. The topological polar surface area (TPSA) is 66.5 Å². The molecule has 0 saturated carbocycles. The number of hydrogen-bond acceptors (Lipinski definition) is 4. The predicted molar refractivity (Wildman–Crippen MR) is 73.7 cm³/mol. The first-order chi connectivity index (χ1) is 9.10. The zero-order valence-corrected chi connectivity index (χ0v) is 11.4. The molecule has 2 heterocycles. The van der Waals surface area contributed by atoms with E-state index in [2.05, 4.69) is 21.5 Å². The van der Waals surface area contributed by atoms with Crippen LogP contribution in [-0.2, 0) is 6.54 Å². The lowest BCUT2D eigenvalue weighted by Crippen LogP contribution is -2.23. The summed E-state index contributed by atoms with van der Waals surface area (Å²) in [6, 6.07) is 6.16. The third-order valence-corrected chi connectivity index (χ3v) is 2.86. The first-order valence-corrected chi connectivity index (χ1v) is 6.22. The summed E-state index contributed by atoms with van der Waals surface area (Å²) >= 11 is 0. The molecule has 19 heavy (non-hydrogen) atoms. The van der Waals surface area contributed by atoms with Crippen LogP contribution in [0.4, 0.5) is 5.82 Å². The predicted octanol–water partition coefficient (Wildman–Crippen LogP) is 2.27. The molecule has 2 aromatic heterocycles. The van der Waals surface area contributed by atoms with Gasteiger partial charge in [-0.05, 0) is 38.5 Å². The van der Waals surface area contributed by atoms with Crippen molar-refractivity contribution >= 4 is 5.82 Å². The molecule has 98 valence electrons. The lowest BCUT2D eigenvalue weighted by atomic mass is 10.1. The minimum absolute atomic E-state index is 0.140. The van der Waals surface area contributed by atoms with Gasteiger partial charge in [-0.2, -0.15) is 10.4 Å². The standard InChI is InChI=1S/C14H17N5/c1-10-7-11(2)17-14(13(10)8-15)18-12(3)9-19-6-4-5-16-19/h4-7,12H,9H2,1-3H3,(H,17,18). The maximum atomic E-state index is 9.21. The SMILES string of the molecule is Cc1cc(C)c(C#N)c(NC(C)Cn2cccn2)n1. The molecule has 0 saturated heterocycles. The van der Waals surface area contributed by atoms with Crippen molar-refractivity contribution in [2.75, 3.05) is 5.32 Å². The third-order valence-electron chi connectivity index (χ3n) is 2.86. The lowest BCUT2D eigenvalue weighted by Gasteiger charge is -2.16. The van der Waals surface area contributed by atoms with Crippen LogP contribution in [0.15, 0.2) is 24.5 Å². The van der Waals surface area contributed by atoms with Gasteiger partial charge in [0.15, 0.2) is 0 Å². The van der Waals surface area contributed by atoms with E-state index >= 15 is 0 Å². The van der Waals surface area contributed by atoms with Crippen molar-refractivity contribution in [3.05, 3.63) is 41.3 Å². The Morgan fingerprint density at radius 3 is 2.89 bits per heavy atom. The van der Waals surface area contributed by atoms with E-state index in [0.29, 0.717) is 11.4 Å². The molecular weight excluding hydrogens is 238 g/mol. The monoisotopic (exact) mass is 255 g/mol. The fourth-order valence-corrected chi connectivity index (χ4v) is 2.05. The van der Waals surface area contributed by atoms with Crippen LogP contribution in [0.3, 0.4) is 0 Å². The molecule has 1 atom stereocenters. The molecule has 0 aliphatic heterocycles. The van der Waals surface area contributed by atoms with Gasteiger partial charge in [0.25, 0.3) is 0 Å². The molecule has 0 amide bonds. The van der Waals surface area contributed by atoms with Crippen LogP contribution in [0.2, 0.25) is 0 Å². The summed E-state index contributed by atoms with van der Waals surface area (Å²) < 4.78 is 1.85. The van der Waals surface area contributed by atoms with Crippen LogP contribution in [0.5, 0.6) is 0 Å². The van der Waals surface area contributed by atoms with Gasteiger partial charge in [-0.15, -0.1) is 0 Å². The van der Waals surface area contributed by atoms with Crippen molar-refractivity contribution in [3.8, 4) is 6.07 Å². The molecular formula is C14H17N5. The molecule has 0 fully saturated rings. The summed E-state index contributed by atoms with van der Waals surface area (Å²) in [5.74, 6) is 0.652. The van der Waals surface area contributed by atoms with E-state index in [1.807, 2.05) is 43.8 Å². The van der Waals surface area contributed by atoms with Gasteiger partial charge in [-0.25, -0.2) is 4.98 Å². The smallest absolute Gasteiger partial charge is 0.144 e. The number of rotatable bonds is 4. The highest BCUT2D eigenvalue weighted by Crippen LogP contribution is 2.18. The Bertz CT molecular complexity index is 595. The summed E-state index contributed by atoms with van der Waals surface area (Å²) in [5.41, 5.74) is 2.46. The van der Waals surface area contributed by atoms with Crippen molar-refractivity contribution in [1.82, 2.24) is 14.8 Å². The van der Waals surface area contributed by atoms with Crippen LogP contribution in [0.25, 0.3) is 0 Å². The number of nitrogens with zero attached hydrogens (tertiary/aromatic N) is 4.